The van der Waals surface area contributed by atoms with E-state index in [1.54, 1.807) is 0 Å². The van der Waals surface area contributed by atoms with Crippen molar-refractivity contribution < 1.29 is 9.59 Å². The second kappa shape index (κ2) is 9.09. The zero-order valence-electron chi connectivity index (χ0n) is 15.1. The highest BCUT2D eigenvalue weighted by Gasteiger charge is 2.08. The molecule has 27 heavy (non-hydrogen) atoms. The van der Waals surface area contributed by atoms with Gasteiger partial charge in [-0.2, -0.15) is 0 Å². The summed E-state index contributed by atoms with van der Waals surface area (Å²) < 4.78 is 0. The molecule has 0 aliphatic rings. The van der Waals surface area contributed by atoms with E-state index in [0.29, 0.717) is 24.5 Å². The highest BCUT2D eigenvalue weighted by atomic mass is 32.1. The highest BCUT2D eigenvalue weighted by molar-refractivity contribution is 7.14. The fourth-order valence-corrected chi connectivity index (χ4v) is 3.30. The van der Waals surface area contributed by atoms with E-state index in [2.05, 4.69) is 15.6 Å². The van der Waals surface area contributed by atoms with Crippen LogP contribution in [0.4, 0.5) is 5.13 Å². The van der Waals surface area contributed by atoms with E-state index in [-0.39, 0.29) is 11.8 Å². The van der Waals surface area contributed by atoms with Gasteiger partial charge in [-0.05, 0) is 17.5 Å². The summed E-state index contributed by atoms with van der Waals surface area (Å²) in [5, 5.41) is 8.17. The molecule has 2 N–H and O–H groups in total. The van der Waals surface area contributed by atoms with Gasteiger partial charge in [-0.1, -0.05) is 54.6 Å². The van der Waals surface area contributed by atoms with Crippen molar-refractivity contribution in [2.45, 2.75) is 26.3 Å². The molecule has 0 spiro atoms. The van der Waals surface area contributed by atoms with Gasteiger partial charge in [0.2, 0.25) is 11.8 Å². The predicted octanol–water partition coefficient (Wildman–Crippen LogP) is 4.02. The number of nitrogens with zero attached hydrogens (tertiary/aromatic N) is 1. The van der Waals surface area contributed by atoms with E-state index in [1.165, 1.54) is 18.3 Å². The van der Waals surface area contributed by atoms with E-state index in [1.807, 2.05) is 60.0 Å². The van der Waals surface area contributed by atoms with Gasteiger partial charge in [0.25, 0.3) is 0 Å². The van der Waals surface area contributed by atoms with Gasteiger partial charge in [-0.15, -0.1) is 11.3 Å². The molecule has 2 aromatic carbocycles. The zero-order valence-corrected chi connectivity index (χ0v) is 15.9. The Bertz CT molecular complexity index is 905. The summed E-state index contributed by atoms with van der Waals surface area (Å²) in [5.74, 6) is -0.0865. The van der Waals surface area contributed by atoms with Crippen LogP contribution in [0.1, 0.15) is 24.5 Å². The van der Waals surface area contributed by atoms with Crippen molar-refractivity contribution in [1.29, 1.82) is 0 Å². The molecule has 2 amide bonds. The Kier molecular flexibility index (Phi) is 6.33. The predicted molar refractivity (Wildman–Crippen MR) is 108 cm³/mol. The number of carbonyl (C=O) groups excluding carboxylic acids is 2. The van der Waals surface area contributed by atoms with Crippen molar-refractivity contribution >= 4 is 28.3 Å². The largest absolute Gasteiger partial charge is 0.352 e. The first-order chi connectivity index (χ1) is 13.1. The highest BCUT2D eigenvalue weighted by Crippen LogP contribution is 2.25. The van der Waals surface area contributed by atoms with Gasteiger partial charge in [0.1, 0.15) is 0 Å². The number of benzene rings is 2. The monoisotopic (exact) mass is 379 g/mol. The van der Waals surface area contributed by atoms with Crippen molar-refractivity contribution in [3.63, 3.8) is 0 Å². The van der Waals surface area contributed by atoms with E-state index in [4.69, 9.17) is 0 Å². The normalized spacial score (nSPS) is 10.4. The van der Waals surface area contributed by atoms with Gasteiger partial charge in [-0.3, -0.25) is 9.59 Å². The van der Waals surface area contributed by atoms with Gasteiger partial charge in [0, 0.05) is 30.8 Å². The molecule has 0 radical (unpaired) electrons. The Labute approximate surface area is 162 Å². The standard InChI is InChI=1S/C21H21N3O2S/c1-15(25)22-13-17-7-10-18(11-8-17)19-14-27-21(23-19)24-20(26)12-9-16-5-3-2-4-6-16/h2-8,10-11,14H,9,12-13H2,1H3,(H,22,25)(H,23,24,26). The Morgan fingerprint density at radius 1 is 1.00 bits per heavy atom. The molecule has 0 unspecified atom stereocenters. The summed E-state index contributed by atoms with van der Waals surface area (Å²) in [6.07, 6.45) is 1.14. The van der Waals surface area contributed by atoms with Crippen LogP contribution in [0.2, 0.25) is 0 Å². The summed E-state index contributed by atoms with van der Waals surface area (Å²) >= 11 is 1.41. The van der Waals surface area contributed by atoms with Crippen LogP contribution in [0.15, 0.2) is 60.0 Å². The molecule has 0 aliphatic carbocycles. The van der Waals surface area contributed by atoms with Gasteiger partial charge in [-0.25, -0.2) is 4.98 Å². The average Bonchev–Trinajstić information content (AvgIpc) is 3.14. The van der Waals surface area contributed by atoms with Crippen molar-refractivity contribution in [3.05, 3.63) is 71.1 Å². The van der Waals surface area contributed by atoms with Crippen LogP contribution in [0.5, 0.6) is 0 Å². The first kappa shape index (κ1) is 18.8. The maximum absolute atomic E-state index is 12.1. The molecule has 3 rings (SSSR count). The SMILES string of the molecule is CC(=O)NCc1ccc(-c2csc(NC(=O)CCc3ccccc3)n2)cc1. The molecule has 6 heteroatoms. The number of nitrogens with one attached hydrogen (secondary N) is 2. The van der Waals surface area contributed by atoms with Crippen molar-refractivity contribution in [3.8, 4) is 11.3 Å². The van der Waals surface area contributed by atoms with Gasteiger partial charge >= 0.3 is 0 Å². The Morgan fingerprint density at radius 2 is 1.74 bits per heavy atom. The van der Waals surface area contributed by atoms with E-state index in [9.17, 15) is 9.59 Å². The van der Waals surface area contributed by atoms with Crippen molar-refractivity contribution in [1.82, 2.24) is 10.3 Å². The fourth-order valence-electron chi connectivity index (χ4n) is 2.57. The lowest BCUT2D eigenvalue weighted by atomic mass is 10.1. The number of aromatic nitrogens is 1. The lowest BCUT2D eigenvalue weighted by Gasteiger charge is -2.04. The number of carbonyl (C=O) groups is 2. The molecule has 0 atom stereocenters. The zero-order chi connectivity index (χ0) is 19.1. The lowest BCUT2D eigenvalue weighted by Crippen LogP contribution is -2.18. The van der Waals surface area contributed by atoms with Crippen LogP contribution in [-0.4, -0.2) is 16.8 Å². The molecule has 0 saturated heterocycles. The van der Waals surface area contributed by atoms with Gasteiger partial charge in [0.15, 0.2) is 5.13 Å². The van der Waals surface area contributed by atoms with Crippen LogP contribution < -0.4 is 10.6 Å². The Morgan fingerprint density at radius 3 is 2.44 bits per heavy atom. The minimum Gasteiger partial charge on any atom is -0.352 e. The molecule has 0 aliphatic heterocycles. The smallest absolute Gasteiger partial charge is 0.226 e. The maximum Gasteiger partial charge on any atom is 0.226 e. The van der Waals surface area contributed by atoms with Crippen molar-refractivity contribution in [2.24, 2.45) is 0 Å². The number of hydrogen-bond donors (Lipinski definition) is 2. The maximum atomic E-state index is 12.1. The Balaban J connectivity index is 1.54. The van der Waals surface area contributed by atoms with E-state index in [0.717, 1.165) is 22.4 Å². The molecule has 1 heterocycles. The summed E-state index contributed by atoms with van der Waals surface area (Å²) in [7, 11) is 0. The second-order valence-electron chi connectivity index (χ2n) is 6.18. The third-order valence-electron chi connectivity index (χ3n) is 4.03. The first-order valence-electron chi connectivity index (χ1n) is 8.73. The molecular formula is C21H21N3O2S. The first-order valence-corrected chi connectivity index (χ1v) is 9.61. The fraction of sp³-hybridized carbons (Fsp3) is 0.190. The summed E-state index contributed by atoms with van der Waals surface area (Å²) in [6, 6.07) is 17.8. The average molecular weight is 379 g/mol. The van der Waals surface area contributed by atoms with Gasteiger partial charge in [0.05, 0.1) is 5.69 Å². The molecule has 138 valence electrons. The number of rotatable bonds is 7. The summed E-state index contributed by atoms with van der Waals surface area (Å²) in [6.45, 7) is 2.01. The van der Waals surface area contributed by atoms with Crippen LogP contribution in [0.3, 0.4) is 0 Å². The molecule has 0 fully saturated rings. The van der Waals surface area contributed by atoms with Crippen LogP contribution >= 0.6 is 11.3 Å². The second-order valence-corrected chi connectivity index (χ2v) is 7.04. The van der Waals surface area contributed by atoms with Crippen LogP contribution in [0.25, 0.3) is 11.3 Å². The molecule has 0 bridgehead atoms. The van der Waals surface area contributed by atoms with Crippen LogP contribution in [-0.2, 0) is 22.6 Å². The van der Waals surface area contributed by atoms with Gasteiger partial charge < -0.3 is 10.6 Å². The summed E-state index contributed by atoms with van der Waals surface area (Å²) in [4.78, 5) is 27.6. The third kappa shape index (κ3) is 5.76. The summed E-state index contributed by atoms with van der Waals surface area (Å²) in [5.41, 5.74) is 3.97. The van der Waals surface area contributed by atoms with E-state index >= 15 is 0 Å². The number of hydrogen-bond acceptors (Lipinski definition) is 4. The number of anilines is 1. The molecule has 3 aromatic rings. The number of thiazole rings is 1. The molecule has 1 aromatic heterocycles. The molecular weight excluding hydrogens is 358 g/mol. The van der Waals surface area contributed by atoms with Crippen LogP contribution in [0, 0.1) is 0 Å². The Hall–Kier alpha value is -2.99. The minimum atomic E-state index is -0.0498. The third-order valence-corrected chi connectivity index (χ3v) is 4.78. The number of aryl methyl sites for hydroxylation is 1. The lowest BCUT2D eigenvalue weighted by molar-refractivity contribution is -0.119. The molecule has 0 saturated carbocycles. The minimum absolute atomic E-state index is 0.0367. The molecule has 5 nitrogen and oxygen atoms in total. The topological polar surface area (TPSA) is 71.1 Å². The van der Waals surface area contributed by atoms with E-state index < -0.39 is 0 Å². The quantitative estimate of drug-likeness (QED) is 0.651. The number of amides is 2. The van der Waals surface area contributed by atoms with Crippen molar-refractivity contribution in [2.75, 3.05) is 5.32 Å².